The van der Waals surface area contributed by atoms with Crippen LogP contribution in [0, 0.1) is 5.92 Å². The van der Waals surface area contributed by atoms with Crippen molar-refractivity contribution in [2.24, 2.45) is 5.92 Å². The number of hydrogen-bond donors (Lipinski definition) is 2. The van der Waals surface area contributed by atoms with Gasteiger partial charge in [0.2, 0.25) is 0 Å². The van der Waals surface area contributed by atoms with E-state index in [0.29, 0.717) is 0 Å². The highest BCUT2D eigenvalue weighted by molar-refractivity contribution is 7.10. The molecule has 0 saturated heterocycles. The van der Waals surface area contributed by atoms with E-state index in [1.165, 1.54) is 12.4 Å². The second kappa shape index (κ2) is 5.79. The summed E-state index contributed by atoms with van der Waals surface area (Å²) in [5.74, 6) is 0.131. The van der Waals surface area contributed by atoms with E-state index in [9.17, 15) is 4.79 Å². The fraction of sp³-hybridized carbons (Fsp3) is 0.308. The Morgan fingerprint density at radius 1 is 1.37 bits per heavy atom. The topological polar surface area (TPSA) is 80.9 Å². The molecule has 2 rings (SSSR count). The van der Waals surface area contributed by atoms with Crippen molar-refractivity contribution < 1.29 is 4.79 Å². The first-order valence-electron chi connectivity index (χ1n) is 6.00. The second-order valence-corrected chi connectivity index (χ2v) is 5.48. The van der Waals surface area contributed by atoms with Gasteiger partial charge in [0.25, 0.3) is 5.91 Å². The van der Waals surface area contributed by atoms with Crippen LogP contribution in [0.1, 0.15) is 35.3 Å². The van der Waals surface area contributed by atoms with E-state index in [1.54, 1.807) is 11.3 Å². The van der Waals surface area contributed by atoms with Crippen LogP contribution < -0.4 is 11.1 Å². The Morgan fingerprint density at radius 2 is 2.11 bits per heavy atom. The third kappa shape index (κ3) is 3.08. The maximum absolute atomic E-state index is 12.2. The average Bonchev–Trinajstić information content (AvgIpc) is 2.89. The number of nitrogens with one attached hydrogen (secondary N) is 1. The number of nitrogen functional groups attached to an aromatic ring is 1. The van der Waals surface area contributed by atoms with Crippen LogP contribution in [-0.4, -0.2) is 15.9 Å². The van der Waals surface area contributed by atoms with Gasteiger partial charge in [-0.2, -0.15) is 0 Å². The summed E-state index contributed by atoms with van der Waals surface area (Å²) in [5, 5.41) is 4.96. The van der Waals surface area contributed by atoms with E-state index in [1.807, 2.05) is 17.5 Å². The molecule has 1 unspecified atom stereocenters. The molecule has 0 fully saturated rings. The van der Waals surface area contributed by atoms with Gasteiger partial charge in [-0.15, -0.1) is 11.3 Å². The number of thiophene rings is 1. The summed E-state index contributed by atoms with van der Waals surface area (Å²) < 4.78 is 0. The number of carbonyl (C=O) groups is 1. The molecule has 19 heavy (non-hydrogen) atoms. The number of aromatic nitrogens is 2. The Labute approximate surface area is 115 Å². The number of hydrogen-bond acceptors (Lipinski definition) is 5. The first kappa shape index (κ1) is 13.5. The number of amides is 1. The van der Waals surface area contributed by atoms with Crippen molar-refractivity contribution in [3.05, 3.63) is 40.5 Å². The van der Waals surface area contributed by atoms with Gasteiger partial charge in [-0.05, 0) is 17.4 Å². The number of nitrogens with zero attached hydrogens (tertiary/aromatic N) is 2. The predicted octanol–water partition coefficient (Wildman–Crippen LogP) is 2.25. The molecule has 5 nitrogen and oxygen atoms in total. The van der Waals surface area contributed by atoms with Crippen LogP contribution in [0.2, 0.25) is 0 Å². The largest absolute Gasteiger partial charge is 0.382 e. The van der Waals surface area contributed by atoms with Crippen LogP contribution >= 0.6 is 11.3 Å². The van der Waals surface area contributed by atoms with Gasteiger partial charge in [-0.25, -0.2) is 9.97 Å². The van der Waals surface area contributed by atoms with Crippen molar-refractivity contribution in [2.75, 3.05) is 5.73 Å². The van der Waals surface area contributed by atoms with Gasteiger partial charge in [0.15, 0.2) is 11.5 Å². The van der Waals surface area contributed by atoms with E-state index in [4.69, 9.17) is 5.73 Å². The number of rotatable bonds is 4. The van der Waals surface area contributed by atoms with E-state index in [2.05, 4.69) is 29.1 Å². The van der Waals surface area contributed by atoms with Crippen molar-refractivity contribution in [2.45, 2.75) is 19.9 Å². The van der Waals surface area contributed by atoms with Gasteiger partial charge in [0.1, 0.15) is 0 Å². The highest BCUT2D eigenvalue weighted by Gasteiger charge is 2.21. The second-order valence-electron chi connectivity index (χ2n) is 4.50. The monoisotopic (exact) mass is 276 g/mol. The average molecular weight is 276 g/mol. The molecule has 2 aromatic rings. The van der Waals surface area contributed by atoms with Gasteiger partial charge < -0.3 is 11.1 Å². The van der Waals surface area contributed by atoms with E-state index < -0.39 is 0 Å². The lowest BCUT2D eigenvalue weighted by Crippen LogP contribution is -2.32. The van der Waals surface area contributed by atoms with Crippen molar-refractivity contribution in [3.63, 3.8) is 0 Å². The molecule has 0 radical (unpaired) electrons. The minimum atomic E-state index is -0.294. The molecular formula is C13H16N4OS. The van der Waals surface area contributed by atoms with Gasteiger partial charge >= 0.3 is 0 Å². The van der Waals surface area contributed by atoms with Crippen molar-refractivity contribution >= 4 is 23.1 Å². The summed E-state index contributed by atoms with van der Waals surface area (Å²) in [6.07, 6.45) is 2.92. The molecule has 1 atom stereocenters. The minimum absolute atomic E-state index is 0.0473. The third-order valence-electron chi connectivity index (χ3n) is 2.74. The molecule has 3 N–H and O–H groups in total. The molecule has 0 spiro atoms. The zero-order chi connectivity index (χ0) is 13.8. The van der Waals surface area contributed by atoms with Crippen molar-refractivity contribution in [1.29, 1.82) is 0 Å². The lowest BCUT2D eigenvalue weighted by molar-refractivity contribution is 0.0922. The Morgan fingerprint density at radius 3 is 2.68 bits per heavy atom. The van der Waals surface area contributed by atoms with E-state index in [-0.39, 0.29) is 29.4 Å². The molecule has 1 amide bonds. The molecule has 2 heterocycles. The normalized spacial score (nSPS) is 12.4. The van der Waals surface area contributed by atoms with Gasteiger partial charge in [0, 0.05) is 17.3 Å². The molecular weight excluding hydrogens is 260 g/mol. The molecule has 2 aromatic heterocycles. The Kier molecular flexibility index (Phi) is 4.11. The van der Waals surface area contributed by atoms with Gasteiger partial charge in [-0.3, -0.25) is 4.79 Å². The van der Waals surface area contributed by atoms with Crippen LogP contribution in [-0.2, 0) is 0 Å². The van der Waals surface area contributed by atoms with Crippen LogP contribution in [0.4, 0.5) is 5.82 Å². The zero-order valence-corrected chi connectivity index (χ0v) is 11.6. The van der Waals surface area contributed by atoms with Crippen LogP contribution in [0.5, 0.6) is 0 Å². The Bertz CT molecular complexity index is 554. The fourth-order valence-corrected chi connectivity index (χ4v) is 2.72. The number of carbonyl (C=O) groups excluding carboxylic acids is 1. The molecule has 0 aliphatic carbocycles. The van der Waals surface area contributed by atoms with Gasteiger partial charge in [-0.1, -0.05) is 19.9 Å². The summed E-state index contributed by atoms with van der Waals surface area (Å²) in [7, 11) is 0. The molecule has 6 heteroatoms. The van der Waals surface area contributed by atoms with Crippen LogP contribution in [0.3, 0.4) is 0 Å². The smallest absolute Gasteiger partial charge is 0.274 e. The zero-order valence-electron chi connectivity index (χ0n) is 10.8. The summed E-state index contributed by atoms with van der Waals surface area (Å²) in [6, 6.07) is 3.93. The Balaban J connectivity index is 2.19. The van der Waals surface area contributed by atoms with Crippen molar-refractivity contribution in [3.8, 4) is 0 Å². The molecule has 100 valence electrons. The Hall–Kier alpha value is -1.95. The molecule has 0 aliphatic rings. The van der Waals surface area contributed by atoms with E-state index >= 15 is 0 Å². The minimum Gasteiger partial charge on any atom is -0.382 e. The predicted molar refractivity (Wildman–Crippen MR) is 75.8 cm³/mol. The molecule has 0 bridgehead atoms. The summed E-state index contributed by atoms with van der Waals surface area (Å²) >= 11 is 1.62. The summed E-state index contributed by atoms with van der Waals surface area (Å²) in [6.45, 7) is 4.12. The standard InChI is InChI=1S/C13H16N4OS/c1-8(2)10(9-4-3-7-19-9)17-13(18)11-12(14)16-6-5-15-11/h3-8,10H,1-2H3,(H2,14,16)(H,17,18). The SMILES string of the molecule is CC(C)C(NC(=O)c1nccnc1N)c1cccs1. The van der Waals surface area contributed by atoms with E-state index in [0.717, 1.165) is 4.88 Å². The van der Waals surface area contributed by atoms with Crippen molar-refractivity contribution in [1.82, 2.24) is 15.3 Å². The lowest BCUT2D eigenvalue weighted by Gasteiger charge is -2.21. The molecule has 0 aliphatic heterocycles. The highest BCUT2D eigenvalue weighted by Crippen LogP contribution is 2.26. The fourth-order valence-electron chi connectivity index (χ4n) is 1.77. The molecule has 0 aromatic carbocycles. The maximum Gasteiger partial charge on any atom is 0.274 e. The quantitative estimate of drug-likeness (QED) is 0.897. The first-order chi connectivity index (χ1) is 9.09. The summed E-state index contributed by atoms with van der Waals surface area (Å²) in [4.78, 5) is 21.2. The lowest BCUT2D eigenvalue weighted by atomic mass is 10.0. The van der Waals surface area contributed by atoms with Crippen LogP contribution in [0.15, 0.2) is 29.9 Å². The maximum atomic E-state index is 12.2. The number of anilines is 1. The third-order valence-corrected chi connectivity index (χ3v) is 3.70. The highest BCUT2D eigenvalue weighted by atomic mass is 32.1. The summed E-state index contributed by atoms with van der Waals surface area (Å²) in [5.41, 5.74) is 5.83. The van der Waals surface area contributed by atoms with Gasteiger partial charge in [0.05, 0.1) is 6.04 Å². The first-order valence-corrected chi connectivity index (χ1v) is 6.88. The molecule has 0 saturated carbocycles. The van der Waals surface area contributed by atoms with Crippen LogP contribution in [0.25, 0.3) is 0 Å². The number of nitrogens with two attached hydrogens (primary N) is 1.